The molecule has 0 aliphatic carbocycles. The van der Waals surface area contributed by atoms with Gasteiger partial charge in [-0.3, -0.25) is 0 Å². The van der Waals surface area contributed by atoms with E-state index >= 15 is 0 Å². The monoisotopic (exact) mass is 286 g/mol. The Morgan fingerprint density at radius 2 is 1.06 bits per heavy atom. The van der Waals surface area contributed by atoms with Crippen molar-refractivity contribution in [2.45, 2.75) is 77.6 Å². The molecule has 0 N–H and O–H groups in total. The molecule has 0 aliphatic rings. The Bertz CT molecular complexity index is 253. The van der Waals surface area contributed by atoms with Gasteiger partial charge in [0.2, 0.25) is 0 Å². The van der Waals surface area contributed by atoms with Gasteiger partial charge in [-0.2, -0.15) is 0 Å². The molecule has 0 saturated carbocycles. The van der Waals surface area contributed by atoms with E-state index in [4.69, 9.17) is 0 Å². The van der Waals surface area contributed by atoms with Crippen LogP contribution in [0, 0.1) is 0 Å². The fraction of sp³-hybridized carbons (Fsp3) is 1.00. The van der Waals surface area contributed by atoms with Gasteiger partial charge in [0.1, 0.15) is 0 Å². The maximum Gasteiger partial charge on any atom is 1.00 e. The van der Waals surface area contributed by atoms with Gasteiger partial charge < -0.3 is 4.55 Å². The van der Waals surface area contributed by atoms with E-state index in [1.54, 1.807) is 0 Å². The van der Waals surface area contributed by atoms with Crippen molar-refractivity contribution in [2.24, 2.45) is 0 Å². The topological polar surface area (TPSA) is 57.2 Å². The Balaban J connectivity index is 0. The molecular formula is C13H27NaO3S. The molecule has 0 fully saturated rings. The van der Waals surface area contributed by atoms with Crippen molar-refractivity contribution in [1.82, 2.24) is 0 Å². The zero-order valence-corrected chi connectivity index (χ0v) is 14.9. The minimum absolute atomic E-state index is 0. The van der Waals surface area contributed by atoms with E-state index in [0.29, 0.717) is 6.42 Å². The summed E-state index contributed by atoms with van der Waals surface area (Å²) in [5, 5.41) is 0. The molecule has 3 nitrogen and oxygen atoms in total. The Kier molecular flexibility index (Phi) is 16.9. The SMILES string of the molecule is CCCCCCCCCCCCCS(=O)(=O)[O-].[Na+]. The molecule has 0 unspecified atom stereocenters. The molecule has 0 aromatic heterocycles. The molecule has 0 amide bonds. The standard InChI is InChI=1S/C13H28O3S.Na/c1-2-3-4-5-6-7-8-9-10-11-12-13-17(14,15)16;/h2-13H2,1H3,(H,14,15,16);/q;+1/p-1. The average Bonchev–Trinajstić information content (AvgIpc) is 2.24. The van der Waals surface area contributed by atoms with Crippen LogP contribution in [0.1, 0.15) is 77.6 Å². The fourth-order valence-corrected chi connectivity index (χ4v) is 2.50. The van der Waals surface area contributed by atoms with Crippen molar-refractivity contribution < 1.29 is 42.5 Å². The molecule has 0 atom stereocenters. The summed E-state index contributed by atoms with van der Waals surface area (Å²) in [7, 11) is -3.98. The molecule has 0 spiro atoms. The smallest absolute Gasteiger partial charge is 0.748 e. The second-order valence-corrected chi connectivity index (χ2v) is 6.32. The average molecular weight is 286 g/mol. The van der Waals surface area contributed by atoms with Crippen LogP contribution in [-0.2, 0) is 10.1 Å². The maximum absolute atomic E-state index is 10.3. The minimum atomic E-state index is -3.98. The first kappa shape index (κ1) is 21.2. The van der Waals surface area contributed by atoms with Crippen molar-refractivity contribution in [3.05, 3.63) is 0 Å². The largest absolute Gasteiger partial charge is 1.00 e. The minimum Gasteiger partial charge on any atom is -0.748 e. The van der Waals surface area contributed by atoms with Gasteiger partial charge in [-0.25, -0.2) is 8.42 Å². The van der Waals surface area contributed by atoms with Crippen molar-refractivity contribution in [1.29, 1.82) is 0 Å². The van der Waals surface area contributed by atoms with Gasteiger partial charge in [-0.1, -0.05) is 71.1 Å². The van der Waals surface area contributed by atoms with Gasteiger partial charge in [0.05, 0.1) is 10.1 Å². The first-order valence-electron chi connectivity index (χ1n) is 7.00. The van der Waals surface area contributed by atoms with E-state index < -0.39 is 10.1 Å². The van der Waals surface area contributed by atoms with Gasteiger partial charge in [0.15, 0.2) is 0 Å². The van der Waals surface area contributed by atoms with Crippen LogP contribution in [0.2, 0.25) is 0 Å². The van der Waals surface area contributed by atoms with Crippen LogP contribution in [-0.4, -0.2) is 18.7 Å². The van der Waals surface area contributed by atoms with Crippen molar-refractivity contribution in [3.8, 4) is 0 Å². The summed E-state index contributed by atoms with van der Waals surface area (Å²) in [5.74, 6) is -0.190. The third-order valence-electron chi connectivity index (χ3n) is 3.00. The van der Waals surface area contributed by atoms with Gasteiger partial charge >= 0.3 is 29.6 Å². The Hall–Kier alpha value is 0.910. The molecular weight excluding hydrogens is 259 g/mol. The van der Waals surface area contributed by atoms with Crippen LogP contribution in [0.4, 0.5) is 0 Å². The zero-order valence-electron chi connectivity index (χ0n) is 12.1. The van der Waals surface area contributed by atoms with Crippen molar-refractivity contribution >= 4 is 10.1 Å². The van der Waals surface area contributed by atoms with E-state index in [-0.39, 0.29) is 35.3 Å². The third kappa shape index (κ3) is 19.3. The van der Waals surface area contributed by atoms with E-state index in [9.17, 15) is 13.0 Å². The van der Waals surface area contributed by atoms with Crippen LogP contribution in [0.5, 0.6) is 0 Å². The van der Waals surface area contributed by atoms with Crippen LogP contribution in [0.3, 0.4) is 0 Å². The van der Waals surface area contributed by atoms with Gasteiger partial charge in [-0.15, -0.1) is 0 Å². The molecule has 0 radical (unpaired) electrons. The second-order valence-electron chi connectivity index (χ2n) is 4.80. The van der Waals surface area contributed by atoms with Crippen molar-refractivity contribution in [2.75, 3.05) is 5.75 Å². The maximum atomic E-state index is 10.3. The van der Waals surface area contributed by atoms with E-state index in [2.05, 4.69) is 6.92 Å². The predicted octanol–water partition coefficient (Wildman–Crippen LogP) is 0.847. The fourth-order valence-electron chi connectivity index (χ4n) is 1.94. The summed E-state index contributed by atoms with van der Waals surface area (Å²) in [4.78, 5) is 0. The number of hydrogen-bond acceptors (Lipinski definition) is 3. The molecule has 0 saturated heterocycles. The third-order valence-corrected chi connectivity index (χ3v) is 3.79. The summed E-state index contributed by atoms with van der Waals surface area (Å²) >= 11 is 0. The molecule has 0 aliphatic heterocycles. The molecule has 0 aromatic carbocycles. The number of hydrogen-bond donors (Lipinski definition) is 0. The van der Waals surface area contributed by atoms with Crippen LogP contribution >= 0.6 is 0 Å². The zero-order chi connectivity index (χ0) is 13.0. The predicted molar refractivity (Wildman–Crippen MR) is 71.0 cm³/mol. The number of unbranched alkanes of at least 4 members (excludes halogenated alkanes) is 10. The molecule has 5 heteroatoms. The van der Waals surface area contributed by atoms with Crippen LogP contribution in [0.25, 0.3) is 0 Å². The summed E-state index contributed by atoms with van der Waals surface area (Å²) in [6, 6.07) is 0. The Morgan fingerprint density at radius 1 is 0.722 bits per heavy atom. The molecule has 0 rings (SSSR count). The quantitative estimate of drug-likeness (QED) is 0.303. The first-order chi connectivity index (χ1) is 8.06. The second kappa shape index (κ2) is 14.3. The first-order valence-corrected chi connectivity index (χ1v) is 8.57. The molecule has 0 aromatic rings. The molecule has 0 heterocycles. The van der Waals surface area contributed by atoms with Crippen molar-refractivity contribution in [3.63, 3.8) is 0 Å². The van der Waals surface area contributed by atoms with Gasteiger partial charge in [0.25, 0.3) is 0 Å². The molecule has 18 heavy (non-hydrogen) atoms. The van der Waals surface area contributed by atoms with Crippen LogP contribution in [0.15, 0.2) is 0 Å². The van der Waals surface area contributed by atoms with Gasteiger partial charge in [0, 0.05) is 5.75 Å². The molecule has 104 valence electrons. The van der Waals surface area contributed by atoms with E-state index in [0.717, 1.165) is 12.8 Å². The van der Waals surface area contributed by atoms with E-state index in [1.165, 1.54) is 51.4 Å². The van der Waals surface area contributed by atoms with E-state index in [1.807, 2.05) is 0 Å². The Labute approximate surface area is 135 Å². The normalized spacial score (nSPS) is 11.2. The number of rotatable bonds is 12. The summed E-state index contributed by atoms with van der Waals surface area (Å²) in [6.07, 6.45) is 12.9. The summed E-state index contributed by atoms with van der Waals surface area (Å²) in [5.41, 5.74) is 0. The Morgan fingerprint density at radius 3 is 1.39 bits per heavy atom. The van der Waals surface area contributed by atoms with Crippen LogP contribution < -0.4 is 29.6 Å². The summed E-state index contributed by atoms with van der Waals surface area (Å²) < 4.78 is 31.0. The molecule has 0 bridgehead atoms. The van der Waals surface area contributed by atoms with Gasteiger partial charge in [-0.05, 0) is 6.42 Å². The summed E-state index contributed by atoms with van der Waals surface area (Å²) in [6.45, 7) is 2.22.